The van der Waals surface area contributed by atoms with Crippen LogP contribution in [0.15, 0.2) is 65.6 Å². The van der Waals surface area contributed by atoms with Crippen molar-refractivity contribution in [3.8, 4) is 0 Å². The van der Waals surface area contributed by atoms with Gasteiger partial charge in [0.2, 0.25) is 0 Å². The SMILES string of the molecule is O=c1[nH]c(CC2CC2)nc2c1CCN(Cc1cn(Cc3ccccc3)c3ccccc13)C2. The van der Waals surface area contributed by atoms with Crippen LogP contribution in [0.5, 0.6) is 0 Å². The highest BCUT2D eigenvalue weighted by atomic mass is 16.1. The molecule has 5 heteroatoms. The van der Waals surface area contributed by atoms with Crippen LogP contribution in [0.3, 0.4) is 0 Å². The van der Waals surface area contributed by atoms with Crippen molar-refractivity contribution in [3.63, 3.8) is 0 Å². The smallest absolute Gasteiger partial charge is 0.254 e. The Bertz CT molecular complexity index is 1320. The minimum Gasteiger partial charge on any atom is -0.343 e. The summed E-state index contributed by atoms with van der Waals surface area (Å²) in [4.78, 5) is 22.9. The Morgan fingerprint density at radius 2 is 1.81 bits per heavy atom. The molecule has 1 saturated carbocycles. The van der Waals surface area contributed by atoms with E-state index in [4.69, 9.17) is 4.98 Å². The van der Waals surface area contributed by atoms with E-state index in [-0.39, 0.29) is 5.56 Å². The molecule has 2 aromatic carbocycles. The summed E-state index contributed by atoms with van der Waals surface area (Å²) < 4.78 is 2.36. The number of fused-ring (bicyclic) bond motifs is 2. The van der Waals surface area contributed by atoms with Crippen LogP contribution in [0.4, 0.5) is 0 Å². The number of hydrogen-bond acceptors (Lipinski definition) is 3. The second-order valence-corrected chi connectivity index (χ2v) is 9.33. The van der Waals surface area contributed by atoms with Crippen LogP contribution in [-0.4, -0.2) is 26.0 Å². The molecule has 2 aromatic heterocycles. The number of nitrogens with zero attached hydrogens (tertiary/aromatic N) is 3. The van der Waals surface area contributed by atoms with Crippen molar-refractivity contribution in [3.05, 3.63) is 99.4 Å². The summed E-state index contributed by atoms with van der Waals surface area (Å²) in [5.41, 5.74) is 5.84. The molecule has 4 aromatic rings. The molecule has 6 rings (SSSR count). The molecule has 3 heterocycles. The Kier molecular flexibility index (Phi) is 4.91. The van der Waals surface area contributed by atoms with Gasteiger partial charge in [-0.25, -0.2) is 4.98 Å². The number of benzene rings is 2. The third-order valence-corrected chi connectivity index (χ3v) is 6.84. The van der Waals surface area contributed by atoms with Crippen molar-refractivity contribution in [1.29, 1.82) is 0 Å². The first-order valence-electron chi connectivity index (χ1n) is 11.7. The first-order valence-corrected chi connectivity index (χ1v) is 11.7. The van der Waals surface area contributed by atoms with Gasteiger partial charge in [0.25, 0.3) is 5.56 Å². The Hall–Kier alpha value is -3.18. The lowest BCUT2D eigenvalue weighted by atomic mass is 10.0. The molecule has 0 amide bonds. The lowest BCUT2D eigenvalue weighted by Crippen LogP contribution is -2.35. The largest absolute Gasteiger partial charge is 0.343 e. The molecule has 1 aliphatic carbocycles. The van der Waals surface area contributed by atoms with Gasteiger partial charge in [0.1, 0.15) is 5.82 Å². The highest BCUT2D eigenvalue weighted by Crippen LogP contribution is 2.32. The summed E-state index contributed by atoms with van der Waals surface area (Å²) in [6, 6.07) is 19.3. The van der Waals surface area contributed by atoms with Gasteiger partial charge in [0, 0.05) is 55.3 Å². The minimum absolute atomic E-state index is 0.0739. The Morgan fingerprint density at radius 1 is 1.00 bits per heavy atom. The molecule has 162 valence electrons. The number of hydrogen-bond donors (Lipinski definition) is 1. The molecular weight excluding hydrogens is 396 g/mol. The summed E-state index contributed by atoms with van der Waals surface area (Å²) >= 11 is 0. The van der Waals surface area contributed by atoms with Crippen LogP contribution in [0.25, 0.3) is 10.9 Å². The molecule has 1 N–H and O–H groups in total. The highest BCUT2D eigenvalue weighted by Gasteiger charge is 2.26. The van der Waals surface area contributed by atoms with Crippen LogP contribution < -0.4 is 5.56 Å². The van der Waals surface area contributed by atoms with E-state index >= 15 is 0 Å². The van der Waals surface area contributed by atoms with E-state index in [1.165, 1.54) is 34.9 Å². The van der Waals surface area contributed by atoms with Crippen molar-refractivity contribution in [2.45, 2.75) is 45.3 Å². The molecule has 0 atom stereocenters. The fourth-order valence-electron chi connectivity index (χ4n) is 4.97. The van der Waals surface area contributed by atoms with Crippen LogP contribution in [-0.2, 0) is 32.5 Å². The van der Waals surface area contributed by atoms with E-state index in [0.717, 1.165) is 56.1 Å². The number of H-pyrrole nitrogens is 1. The second kappa shape index (κ2) is 8.06. The van der Waals surface area contributed by atoms with Crippen molar-refractivity contribution >= 4 is 10.9 Å². The summed E-state index contributed by atoms with van der Waals surface area (Å²) in [5, 5.41) is 1.31. The van der Waals surface area contributed by atoms with Gasteiger partial charge in [-0.05, 0) is 42.4 Å². The van der Waals surface area contributed by atoms with Gasteiger partial charge in [-0.3, -0.25) is 9.69 Å². The minimum atomic E-state index is 0.0739. The van der Waals surface area contributed by atoms with Crippen LogP contribution in [0.1, 0.15) is 41.1 Å². The zero-order valence-corrected chi connectivity index (χ0v) is 18.3. The molecule has 0 spiro atoms. The average molecular weight is 425 g/mol. The van der Waals surface area contributed by atoms with Gasteiger partial charge in [0.05, 0.1) is 5.69 Å². The van der Waals surface area contributed by atoms with Gasteiger partial charge in [0.15, 0.2) is 0 Å². The van der Waals surface area contributed by atoms with Crippen LogP contribution in [0, 0.1) is 5.92 Å². The van der Waals surface area contributed by atoms with Gasteiger partial charge in [-0.1, -0.05) is 48.5 Å². The summed E-state index contributed by atoms with van der Waals surface area (Å²) in [7, 11) is 0. The molecule has 1 fully saturated rings. The van der Waals surface area contributed by atoms with Crippen molar-refractivity contribution in [2.75, 3.05) is 6.54 Å². The predicted molar refractivity (Wildman–Crippen MR) is 127 cm³/mol. The van der Waals surface area contributed by atoms with Gasteiger partial charge in [-0.2, -0.15) is 0 Å². The number of nitrogens with one attached hydrogen (secondary N) is 1. The van der Waals surface area contributed by atoms with Crippen molar-refractivity contribution < 1.29 is 0 Å². The number of aromatic nitrogens is 3. The van der Waals surface area contributed by atoms with Crippen LogP contribution in [0.2, 0.25) is 0 Å². The lowest BCUT2D eigenvalue weighted by Gasteiger charge is -2.27. The lowest BCUT2D eigenvalue weighted by molar-refractivity contribution is 0.240. The van der Waals surface area contributed by atoms with Crippen molar-refractivity contribution in [2.24, 2.45) is 5.92 Å². The van der Waals surface area contributed by atoms with Gasteiger partial charge in [-0.15, -0.1) is 0 Å². The third-order valence-electron chi connectivity index (χ3n) is 6.84. The molecule has 0 radical (unpaired) electrons. The number of rotatable bonds is 6. The van der Waals surface area contributed by atoms with E-state index in [0.29, 0.717) is 5.92 Å². The summed E-state index contributed by atoms with van der Waals surface area (Å²) in [6.45, 7) is 3.37. The molecule has 2 aliphatic rings. The summed E-state index contributed by atoms with van der Waals surface area (Å²) in [5.74, 6) is 1.59. The van der Waals surface area contributed by atoms with Crippen molar-refractivity contribution in [1.82, 2.24) is 19.4 Å². The number of aromatic amines is 1. The Labute approximate surface area is 187 Å². The maximum atomic E-state index is 12.6. The topological polar surface area (TPSA) is 53.9 Å². The van der Waals surface area contributed by atoms with E-state index in [1.54, 1.807) is 0 Å². The molecule has 1 aliphatic heterocycles. The molecule has 0 unspecified atom stereocenters. The molecule has 0 bridgehead atoms. The molecule has 0 saturated heterocycles. The quantitative estimate of drug-likeness (QED) is 0.503. The monoisotopic (exact) mass is 424 g/mol. The van der Waals surface area contributed by atoms with Gasteiger partial charge < -0.3 is 9.55 Å². The van der Waals surface area contributed by atoms with E-state index < -0.39 is 0 Å². The fourth-order valence-corrected chi connectivity index (χ4v) is 4.97. The maximum Gasteiger partial charge on any atom is 0.254 e. The first-order chi connectivity index (χ1) is 15.7. The molecule has 32 heavy (non-hydrogen) atoms. The second-order valence-electron chi connectivity index (χ2n) is 9.33. The maximum absolute atomic E-state index is 12.6. The zero-order valence-electron chi connectivity index (χ0n) is 18.3. The molecule has 5 nitrogen and oxygen atoms in total. The van der Waals surface area contributed by atoms with E-state index in [2.05, 4.69) is 75.2 Å². The Balaban J connectivity index is 1.26. The average Bonchev–Trinajstić information content (AvgIpc) is 3.56. The van der Waals surface area contributed by atoms with E-state index in [1.807, 2.05) is 0 Å². The van der Waals surface area contributed by atoms with Gasteiger partial charge >= 0.3 is 0 Å². The summed E-state index contributed by atoms with van der Waals surface area (Å²) in [6.07, 6.45) is 6.51. The third kappa shape index (κ3) is 3.89. The Morgan fingerprint density at radius 3 is 2.66 bits per heavy atom. The highest BCUT2D eigenvalue weighted by molar-refractivity contribution is 5.84. The van der Waals surface area contributed by atoms with E-state index in [9.17, 15) is 4.79 Å². The fraction of sp³-hybridized carbons (Fsp3) is 0.333. The molecular formula is C27H28N4O. The first kappa shape index (κ1) is 19.5. The predicted octanol–water partition coefficient (Wildman–Crippen LogP) is 4.28. The van der Waals surface area contributed by atoms with Crippen LogP contribution >= 0.6 is 0 Å². The standard InChI is InChI=1S/C27H28N4O/c32-27-23-12-13-30(18-24(23)28-26(29-27)14-19-10-11-19)16-21-17-31(15-20-6-2-1-3-7-20)25-9-5-4-8-22(21)25/h1-9,17,19H,10-16,18H2,(H,28,29,32). The normalized spacial score (nSPS) is 16.4. The number of para-hydroxylation sites is 1. The zero-order chi connectivity index (χ0) is 21.5.